The molecule has 0 radical (unpaired) electrons. The summed E-state index contributed by atoms with van der Waals surface area (Å²) in [4.78, 5) is 20.2. The van der Waals surface area contributed by atoms with E-state index in [2.05, 4.69) is 20.6 Å². The highest BCUT2D eigenvalue weighted by molar-refractivity contribution is 6.03. The molecule has 0 bridgehead atoms. The van der Waals surface area contributed by atoms with Gasteiger partial charge in [-0.2, -0.15) is 0 Å². The third-order valence-corrected chi connectivity index (χ3v) is 2.68. The van der Waals surface area contributed by atoms with Gasteiger partial charge in [-0.3, -0.25) is 4.79 Å². The minimum atomic E-state index is -0.283. The number of ether oxygens (including phenoxy) is 1. The average Bonchev–Trinajstić information content (AvgIpc) is 2.47. The molecule has 2 N–H and O–H groups in total. The van der Waals surface area contributed by atoms with Gasteiger partial charge in [-0.05, 0) is 38.1 Å². The van der Waals surface area contributed by atoms with Crippen LogP contribution in [0.3, 0.4) is 0 Å². The lowest BCUT2D eigenvalue weighted by Crippen LogP contribution is -2.16. The molecule has 0 saturated heterocycles. The fourth-order valence-corrected chi connectivity index (χ4v) is 1.73. The molecule has 0 aliphatic heterocycles. The van der Waals surface area contributed by atoms with Crippen molar-refractivity contribution in [2.75, 3.05) is 17.7 Å². The van der Waals surface area contributed by atoms with Crippen LogP contribution in [0.15, 0.2) is 36.7 Å². The maximum Gasteiger partial charge on any atom is 0.274 e. The number of nitrogens with one attached hydrogen (secondary N) is 2. The lowest BCUT2D eigenvalue weighted by molar-refractivity contribution is 0.102. The average molecular weight is 286 g/mol. The van der Waals surface area contributed by atoms with Gasteiger partial charge in [-0.1, -0.05) is 0 Å². The second kappa shape index (κ2) is 6.69. The fourth-order valence-electron chi connectivity index (χ4n) is 1.73. The number of aromatic nitrogens is 2. The molecule has 0 atom stereocenters. The molecule has 6 heteroatoms. The lowest BCUT2D eigenvalue weighted by atomic mass is 10.3. The van der Waals surface area contributed by atoms with Gasteiger partial charge in [0.25, 0.3) is 5.91 Å². The Morgan fingerprint density at radius 3 is 2.52 bits per heavy atom. The second-order valence-electron chi connectivity index (χ2n) is 4.77. The zero-order valence-corrected chi connectivity index (χ0v) is 12.3. The Morgan fingerprint density at radius 2 is 1.90 bits per heavy atom. The van der Waals surface area contributed by atoms with Crippen LogP contribution in [0.4, 0.5) is 11.5 Å². The van der Waals surface area contributed by atoms with Gasteiger partial charge in [0.2, 0.25) is 0 Å². The molecule has 1 amide bonds. The minimum Gasteiger partial charge on any atom is -0.497 e. The predicted molar refractivity (Wildman–Crippen MR) is 81.7 cm³/mol. The van der Waals surface area contributed by atoms with Crippen LogP contribution in [0, 0.1) is 0 Å². The van der Waals surface area contributed by atoms with Crippen molar-refractivity contribution >= 4 is 17.4 Å². The number of anilines is 2. The first kappa shape index (κ1) is 14.8. The summed E-state index contributed by atoms with van der Waals surface area (Å²) in [5.74, 6) is 1.08. The summed E-state index contributed by atoms with van der Waals surface area (Å²) < 4.78 is 5.07. The van der Waals surface area contributed by atoms with Gasteiger partial charge in [0.1, 0.15) is 23.6 Å². The number of hydrogen-bond acceptors (Lipinski definition) is 5. The molecule has 110 valence electrons. The van der Waals surface area contributed by atoms with Crippen LogP contribution < -0.4 is 15.4 Å². The molecule has 2 rings (SSSR count). The van der Waals surface area contributed by atoms with Crippen molar-refractivity contribution in [2.45, 2.75) is 19.9 Å². The molecule has 0 saturated carbocycles. The van der Waals surface area contributed by atoms with E-state index in [9.17, 15) is 4.79 Å². The first-order valence-corrected chi connectivity index (χ1v) is 6.62. The molecule has 1 aromatic carbocycles. The topological polar surface area (TPSA) is 76.1 Å². The van der Waals surface area contributed by atoms with E-state index in [4.69, 9.17) is 4.74 Å². The van der Waals surface area contributed by atoms with E-state index in [1.807, 2.05) is 13.8 Å². The van der Waals surface area contributed by atoms with Gasteiger partial charge >= 0.3 is 0 Å². The Hall–Kier alpha value is -2.63. The van der Waals surface area contributed by atoms with Crippen LogP contribution in [0.25, 0.3) is 0 Å². The van der Waals surface area contributed by atoms with Crippen molar-refractivity contribution in [1.82, 2.24) is 9.97 Å². The summed E-state index contributed by atoms with van der Waals surface area (Å²) in [5.41, 5.74) is 0.988. The van der Waals surface area contributed by atoms with Crippen LogP contribution in [0.5, 0.6) is 5.75 Å². The number of carbonyl (C=O) groups excluding carboxylic acids is 1. The van der Waals surface area contributed by atoms with Gasteiger partial charge in [0, 0.05) is 17.8 Å². The molecule has 0 spiro atoms. The maximum absolute atomic E-state index is 12.1. The van der Waals surface area contributed by atoms with Gasteiger partial charge in [0.05, 0.1) is 7.11 Å². The Morgan fingerprint density at radius 1 is 1.19 bits per heavy atom. The summed E-state index contributed by atoms with van der Waals surface area (Å²) in [6, 6.07) is 8.95. The summed E-state index contributed by atoms with van der Waals surface area (Å²) in [5, 5.41) is 5.91. The number of nitrogens with zero attached hydrogens (tertiary/aromatic N) is 2. The first-order valence-electron chi connectivity index (χ1n) is 6.62. The van der Waals surface area contributed by atoms with Crippen LogP contribution in [-0.2, 0) is 0 Å². The van der Waals surface area contributed by atoms with E-state index in [0.717, 1.165) is 5.75 Å². The molecule has 1 aromatic heterocycles. The number of amides is 1. The molecule has 0 unspecified atom stereocenters. The fraction of sp³-hybridized carbons (Fsp3) is 0.267. The number of benzene rings is 1. The molecular formula is C15H18N4O2. The molecule has 0 aliphatic carbocycles. The standard InChI is InChI=1S/C15H18N4O2/c1-10(2)18-14-8-13(16-9-17-14)15(20)19-11-4-6-12(21-3)7-5-11/h4-10H,1-3H3,(H,19,20)(H,16,17,18). The second-order valence-corrected chi connectivity index (χ2v) is 4.77. The van der Waals surface area contributed by atoms with Crippen LogP contribution in [-0.4, -0.2) is 29.0 Å². The summed E-state index contributed by atoms with van der Waals surface area (Å²) in [6.45, 7) is 4.00. The summed E-state index contributed by atoms with van der Waals surface area (Å²) in [6.07, 6.45) is 1.37. The Kier molecular flexibility index (Phi) is 4.71. The van der Waals surface area contributed by atoms with E-state index in [-0.39, 0.29) is 11.9 Å². The third-order valence-electron chi connectivity index (χ3n) is 2.68. The van der Waals surface area contributed by atoms with E-state index in [1.165, 1.54) is 6.33 Å². The number of rotatable bonds is 5. The zero-order valence-electron chi connectivity index (χ0n) is 12.3. The van der Waals surface area contributed by atoms with Crippen molar-refractivity contribution in [2.24, 2.45) is 0 Å². The predicted octanol–water partition coefficient (Wildman–Crippen LogP) is 2.56. The molecule has 0 aliphatic rings. The molecule has 0 fully saturated rings. The van der Waals surface area contributed by atoms with E-state index in [1.54, 1.807) is 37.4 Å². The number of carbonyl (C=O) groups is 1. The largest absolute Gasteiger partial charge is 0.497 e. The Balaban J connectivity index is 2.08. The number of hydrogen-bond donors (Lipinski definition) is 2. The maximum atomic E-state index is 12.1. The monoisotopic (exact) mass is 286 g/mol. The van der Waals surface area contributed by atoms with Gasteiger partial charge in [-0.15, -0.1) is 0 Å². The normalized spacial score (nSPS) is 10.3. The van der Waals surface area contributed by atoms with E-state index < -0.39 is 0 Å². The highest BCUT2D eigenvalue weighted by Crippen LogP contribution is 2.16. The molecule has 2 aromatic rings. The van der Waals surface area contributed by atoms with Gasteiger partial charge < -0.3 is 15.4 Å². The Bertz CT molecular complexity index is 611. The zero-order chi connectivity index (χ0) is 15.2. The summed E-state index contributed by atoms with van der Waals surface area (Å²) >= 11 is 0. The van der Waals surface area contributed by atoms with Gasteiger partial charge in [-0.25, -0.2) is 9.97 Å². The smallest absolute Gasteiger partial charge is 0.274 e. The minimum absolute atomic E-state index is 0.234. The highest BCUT2D eigenvalue weighted by atomic mass is 16.5. The molecule has 21 heavy (non-hydrogen) atoms. The third kappa shape index (κ3) is 4.17. The first-order chi connectivity index (χ1) is 10.1. The Labute approximate surface area is 123 Å². The van der Waals surface area contributed by atoms with Crippen LogP contribution >= 0.6 is 0 Å². The summed E-state index contributed by atoms with van der Waals surface area (Å²) in [7, 11) is 1.59. The number of methoxy groups -OCH3 is 1. The van der Waals surface area contributed by atoms with Gasteiger partial charge in [0.15, 0.2) is 0 Å². The quantitative estimate of drug-likeness (QED) is 0.883. The van der Waals surface area contributed by atoms with Crippen molar-refractivity contribution in [3.63, 3.8) is 0 Å². The molecular weight excluding hydrogens is 268 g/mol. The SMILES string of the molecule is COc1ccc(NC(=O)c2cc(NC(C)C)ncn2)cc1. The molecule has 6 nitrogen and oxygen atoms in total. The van der Waals surface area contributed by atoms with Crippen molar-refractivity contribution in [3.8, 4) is 5.75 Å². The van der Waals surface area contributed by atoms with Crippen molar-refractivity contribution in [1.29, 1.82) is 0 Å². The highest BCUT2D eigenvalue weighted by Gasteiger charge is 2.09. The van der Waals surface area contributed by atoms with E-state index in [0.29, 0.717) is 17.2 Å². The van der Waals surface area contributed by atoms with Crippen molar-refractivity contribution < 1.29 is 9.53 Å². The van der Waals surface area contributed by atoms with E-state index >= 15 is 0 Å². The van der Waals surface area contributed by atoms with Crippen LogP contribution in [0.2, 0.25) is 0 Å². The van der Waals surface area contributed by atoms with Crippen LogP contribution in [0.1, 0.15) is 24.3 Å². The molecule has 1 heterocycles. The lowest BCUT2D eigenvalue weighted by Gasteiger charge is -2.10. The van der Waals surface area contributed by atoms with Crippen molar-refractivity contribution in [3.05, 3.63) is 42.4 Å².